The summed E-state index contributed by atoms with van der Waals surface area (Å²) in [5.41, 5.74) is 0.955. The number of hydrogen-bond acceptors (Lipinski definition) is 4. The summed E-state index contributed by atoms with van der Waals surface area (Å²) in [5, 5.41) is 6.88. The van der Waals surface area contributed by atoms with Crippen LogP contribution in [0.5, 0.6) is 0 Å². The maximum absolute atomic E-state index is 12.8. The Morgan fingerprint density at radius 2 is 2.04 bits per heavy atom. The summed E-state index contributed by atoms with van der Waals surface area (Å²) in [5.74, 6) is 0.241. The van der Waals surface area contributed by atoms with Crippen molar-refractivity contribution in [3.8, 4) is 0 Å². The molecule has 0 atom stereocenters. The third kappa shape index (κ3) is 4.59. The molecule has 4 nitrogen and oxygen atoms in total. The van der Waals surface area contributed by atoms with Crippen LogP contribution in [-0.2, 0) is 11.2 Å². The van der Waals surface area contributed by atoms with Crippen LogP contribution in [0.1, 0.15) is 35.6 Å². The normalized spacial score (nSPS) is 15.5. The zero-order valence-electron chi connectivity index (χ0n) is 12.8. The zero-order chi connectivity index (χ0) is 16.1. The van der Waals surface area contributed by atoms with Crippen molar-refractivity contribution in [2.45, 2.75) is 31.6 Å². The summed E-state index contributed by atoms with van der Waals surface area (Å²) < 4.78 is 12.8. The first-order valence-corrected chi connectivity index (χ1v) is 8.73. The minimum Gasteiger partial charge on any atom is -0.317 e. The van der Waals surface area contributed by atoms with Gasteiger partial charge in [0.05, 0.1) is 0 Å². The van der Waals surface area contributed by atoms with Crippen molar-refractivity contribution >= 4 is 22.4 Å². The predicted molar refractivity (Wildman–Crippen MR) is 90.3 cm³/mol. The number of thiazole rings is 1. The Hall–Kier alpha value is -1.79. The van der Waals surface area contributed by atoms with Gasteiger partial charge in [0.2, 0.25) is 5.91 Å². The highest BCUT2D eigenvalue weighted by molar-refractivity contribution is 7.15. The summed E-state index contributed by atoms with van der Waals surface area (Å²) in [6.45, 7) is 2.09. The lowest BCUT2D eigenvalue weighted by Crippen LogP contribution is -2.26. The van der Waals surface area contributed by atoms with Crippen molar-refractivity contribution < 1.29 is 9.18 Å². The molecule has 0 saturated carbocycles. The van der Waals surface area contributed by atoms with E-state index in [-0.39, 0.29) is 11.7 Å². The van der Waals surface area contributed by atoms with Crippen molar-refractivity contribution in [3.63, 3.8) is 0 Å². The number of halogens is 1. The van der Waals surface area contributed by atoms with Crippen molar-refractivity contribution in [2.75, 3.05) is 18.4 Å². The van der Waals surface area contributed by atoms with Crippen LogP contribution >= 0.6 is 11.3 Å². The molecule has 0 unspecified atom stereocenters. The fourth-order valence-electron chi connectivity index (χ4n) is 2.73. The molecule has 1 amide bonds. The van der Waals surface area contributed by atoms with E-state index in [1.54, 1.807) is 23.5 Å². The molecule has 6 heteroatoms. The van der Waals surface area contributed by atoms with Gasteiger partial charge in [0, 0.05) is 17.5 Å². The molecule has 1 fully saturated rings. The number of benzene rings is 1. The minimum absolute atomic E-state index is 0.0551. The van der Waals surface area contributed by atoms with Gasteiger partial charge in [-0.25, -0.2) is 9.37 Å². The molecule has 2 N–H and O–H groups in total. The number of amides is 1. The molecule has 2 heterocycles. The van der Waals surface area contributed by atoms with E-state index >= 15 is 0 Å². The first-order valence-electron chi connectivity index (χ1n) is 7.91. The van der Waals surface area contributed by atoms with Crippen LogP contribution in [0.25, 0.3) is 0 Å². The van der Waals surface area contributed by atoms with Gasteiger partial charge in [-0.05, 0) is 56.0 Å². The van der Waals surface area contributed by atoms with Crippen LogP contribution in [0.15, 0.2) is 30.5 Å². The van der Waals surface area contributed by atoms with Gasteiger partial charge >= 0.3 is 0 Å². The molecule has 0 radical (unpaired) electrons. The molecule has 1 aromatic heterocycles. The van der Waals surface area contributed by atoms with Crippen LogP contribution in [0, 0.1) is 5.82 Å². The van der Waals surface area contributed by atoms with E-state index in [1.807, 2.05) is 6.20 Å². The number of carbonyl (C=O) groups excluding carboxylic acids is 1. The van der Waals surface area contributed by atoms with Crippen LogP contribution in [0.2, 0.25) is 0 Å². The summed E-state index contributed by atoms with van der Waals surface area (Å²) in [6.07, 6.45) is 5.10. The van der Waals surface area contributed by atoms with E-state index in [1.165, 1.54) is 17.0 Å². The molecular weight excluding hydrogens is 313 g/mol. The Kier molecular flexibility index (Phi) is 5.35. The number of hydrogen-bond donors (Lipinski definition) is 2. The molecule has 1 aliphatic rings. The highest BCUT2D eigenvalue weighted by atomic mass is 32.1. The van der Waals surface area contributed by atoms with E-state index in [2.05, 4.69) is 15.6 Å². The Morgan fingerprint density at radius 1 is 1.30 bits per heavy atom. The fraction of sp³-hybridized carbons (Fsp3) is 0.412. The number of piperidine rings is 1. The Labute approximate surface area is 139 Å². The second-order valence-electron chi connectivity index (χ2n) is 5.77. The maximum atomic E-state index is 12.8. The quantitative estimate of drug-likeness (QED) is 0.882. The van der Waals surface area contributed by atoms with Gasteiger partial charge in [-0.2, -0.15) is 0 Å². The molecule has 23 heavy (non-hydrogen) atoms. The molecular formula is C17H20FN3OS. The number of rotatable bonds is 5. The molecule has 0 aliphatic carbocycles. The van der Waals surface area contributed by atoms with E-state index in [0.717, 1.165) is 31.5 Å². The molecule has 122 valence electrons. The summed E-state index contributed by atoms with van der Waals surface area (Å²) in [6, 6.07) is 6.25. The van der Waals surface area contributed by atoms with Crippen molar-refractivity contribution in [3.05, 3.63) is 46.7 Å². The summed E-state index contributed by atoms with van der Waals surface area (Å²) in [7, 11) is 0. The van der Waals surface area contributed by atoms with E-state index in [9.17, 15) is 9.18 Å². The molecule has 1 saturated heterocycles. The average Bonchev–Trinajstić information content (AvgIpc) is 3.04. The Bertz CT molecular complexity index is 650. The molecule has 1 aromatic carbocycles. The standard InChI is InChI=1S/C17H20FN3OS/c18-14-4-1-12(2-5-14)3-6-16(22)21-17-20-11-15(23-17)13-7-9-19-10-8-13/h1-2,4-5,11,13,19H,3,6-10H2,(H,20,21,22). The second-order valence-corrected chi connectivity index (χ2v) is 6.83. The molecule has 2 aromatic rings. The largest absolute Gasteiger partial charge is 0.317 e. The Balaban J connectivity index is 1.49. The van der Waals surface area contributed by atoms with E-state index in [0.29, 0.717) is 23.9 Å². The van der Waals surface area contributed by atoms with Gasteiger partial charge in [0.1, 0.15) is 5.82 Å². The van der Waals surface area contributed by atoms with Crippen molar-refractivity contribution in [1.29, 1.82) is 0 Å². The smallest absolute Gasteiger partial charge is 0.226 e. The third-order valence-electron chi connectivity index (χ3n) is 4.07. The van der Waals surface area contributed by atoms with Gasteiger partial charge < -0.3 is 10.6 Å². The number of nitrogens with one attached hydrogen (secondary N) is 2. The lowest BCUT2D eigenvalue weighted by atomic mass is 9.97. The average molecular weight is 333 g/mol. The summed E-state index contributed by atoms with van der Waals surface area (Å²) >= 11 is 1.57. The first-order chi connectivity index (χ1) is 11.2. The van der Waals surface area contributed by atoms with Gasteiger partial charge in [-0.15, -0.1) is 11.3 Å². The first kappa shape index (κ1) is 16.1. The lowest BCUT2D eigenvalue weighted by molar-refractivity contribution is -0.116. The number of aryl methyl sites for hydroxylation is 1. The Morgan fingerprint density at radius 3 is 2.78 bits per heavy atom. The number of nitrogens with zero attached hydrogens (tertiary/aromatic N) is 1. The number of aromatic nitrogens is 1. The van der Waals surface area contributed by atoms with Crippen LogP contribution in [0.4, 0.5) is 9.52 Å². The molecule has 3 rings (SSSR count). The zero-order valence-corrected chi connectivity index (χ0v) is 13.7. The highest BCUT2D eigenvalue weighted by Crippen LogP contribution is 2.31. The second kappa shape index (κ2) is 7.66. The lowest BCUT2D eigenvalue weighted by Gasteiger charge is -2.20. The molecule has 0 bridgehead atoms. The topological polar surface area (TPSA) is 54.0 Å². The highest BCUT2D eigenvalue weighted by Gasteiger charge is 2.18. The van der Waals surface area contributed by atoms with Crippen molar-refractivity contribution in [2.24, 2.45) is 0 Å². The summed E-state index contributed by atoms with van der Waals surface area (Å²) in [4.78, 5) is 17.6. The number of anilines is 1. The van der Waals surface area contributed by atoms with E-state index in [4.69, 9.17) is 0 Å². The van der Waals surface area contributed by atoms with Gasteiger partial charge in [0.25, 0.3) is 0 Å². The monoisotopic (exact) mass is 333 g/mol. The molecule has 1 aliphatic heterocycles. The van der Waals surface area contributed by atoms with Crippen LogP contribution in [0.3, 0.4) is 0 Å². The molecule has 0 spiro atoms. The van der Waals surface area contributed by atoms with Crippen molar-refractivity contribution in [1.82, 2.24) is 10.3 Å². The van der Waals surface area contributed by atoms with Gasteiger partial charge in [-0.1, -0.05) is 12.1 Å². The van der Waals surface area contributed by atoms with E-state index < -0.39 is 0 Å². The van der Waals surface area contributed by atoms with Crippen LogP contribution in [-0.4, -0.2) is 24.0 Å². The number of carbonyl (C=O) groups is 1. The maximum Gasteiger partial charge on any atom is 0.226 e. The fourth-order valence-corrected chi connectivity index (χ4v) is 3.73. The predicted octanol–water partition coefficient (Wildman–Crippen LogP) is 3.32. The third-order valence-corrected chi connectivity index (χ3v) is 5.14. The van der Waals surface area contributed by atoms with Gasteiger partial charge in [0.15, 0.2) is 5.13 Å². The van der Waals surface area contributed by atoms with Gasteiger partial charge in [-0.3, -0.25) is 4.79 Å². The SMILES string of the molecule is O=C(CCc1ccc(F)cc1)Nc1ncc(C2CCNCC2)s1. The van der Waals surface area contributed by atoms with Crippen LogP contribution < -0.4 is 10.6 Å². The minimum atomic E-state index is -0.258.